The molecule has 0 N–H and O–H groups in total. The number of benzene rings is 1. The van der Waals surface area contributed by atoms with Gasteiger partial charge in [-0.05, 0) is 278 Å². The number of anilines is 1. The molecule has 7 heterocycles. The number of Topliss-reactive ketones (excluding diaryl/α,β-unsaturated/α-hetero) is 2. The molecule has 1 aromatic heterocycles. The Kier molecular flexibility index (Phi) is 39.6. The van der Waals surface area contributed by atoms with Crippen molar-refractivity contribution in [2.75, 3.05) is 103 Å². The highest BCUT2D eigenvalue weighted by molar-refractivity contribution is 5.96. The summed E-state index contributed by atoms with van der Waals surface area (Å²) in [5.41, 5.74) is 5.72. The van der Waals surface area contributed by atoms with Crippen LogP contribution in [0.2, 0.25) is 0 Å². The number of nitrogens with zero attached hydrogens (tertiary/aromatic N) is 10. The Bertz CT molecular complexity index is 3470. The normalized spacial score (nSPS) is 22.5. The highest BCUT2D eigenvalue weighted by Crippen LogP contribution is 2.57. The molecule has 2 unspecified atom stereocenters. The molecule has 0 spiro atoms. The van der Waals surface area contributed by atoms with Gasteiger partial charge in [-0.25, -0.2) is 4.39 Å². The maximum Gasteiger partial charge on any atom is 0.254 e. The zero-order valence-corrected chi connectivity index (χ0v) is 86.6. The van der Waals surface area contributed by atoms with E-state index in [2.05, 4.69) is 228 Å². The monoisotopic (exact) mass is 1720 g/mol. The highest BCUT2D eigenvalue weighted by Gasteiger charge is 2.57. The van der Waals surface area contributed by atoms with Gasteiger partial charge < -0.3 is 19.6 Å². The number of piperidine rings is 4. The van der Waals surface area contributed by atoms with Crippen LogP contribution in [-0.2, 0) is 21.1 Å². The smallest absolute Gasteiger partial charge is 0.254 e. The van der Waals surface area contributed by atoms with Crippen LogP contribution in [0.5, 0.6) is 0 Å². The summed E-state index contributed by atoms with van der Waals surface area (Å²) in [5, 5.41) is 8.36. The number of rotatable bonds is 11. The summed E-state index contributed by atoms with van der Waals surface area (Å²) in [4.78, 5) is 79.6. The van der Waals surface area contributed by atoms with E-state index in [0.717, 1.165) is 119 Å². The summed E-state index contributed by atoms with van der Waals surface area (Å²) in [6.07, 6.45) is 23.9. The summed E-state index contributed by atoms with van der Waals surface area (Å²) >= 11 is 0. The third-order valence-electron chi connectivity index (χ3n) is 27.3. The van der Waals surface area contributed by atoms with Gasteiger partial charge in [0.05, 0.1) is 6.67 Å². The second kappa shape index (κ2) is 44.8. The fraction of sp³-hybridized carbons (Fsp3) is 0.841. The van der Waals surface area contributed by atoms with Crippen LogP contribution in [0, 0.1) is 90.7 Å². The second-order valence-corrected chi connectivity index (χ2v) is 51.6. The lowest BCUT2D eigenvalue weighted by Crippen LogP contribution is -2.56. The van der Waals surface area contributed by atoms with E-state index in [4.69, 9.17) is 0 Å². The molecule has 706 valence electrons. The van der Waals surface area contributed by atoms with Crippen molar-refractivity contribution in [3.8, 4) is 0 Å². The Labute approximate surface area is 756 Å². The molecule has 6 saturated heterocycles. The molecular weight excluding hydrogens is 1520 g/mol. The van der Waals surface area contributed by atoms with Gasteiger partial charge in [-0.1, -0.05) is 215 Å². The SMILES string of the molecule is CC(C)(C)C(=O)C1CCC(C(C)(C)C)CC1.CC(C)(C)C(=O)N1CCC(C(C)(C)C)CC1.CC(C)(C)C(=O)N1CCCN(C(C)(C)C)C1.CC(C)(C)C=C1CCN(C(C)(C)C)CC1.CC(C)(C)CC1C2CN(C(C)(C)C)CC21.CC(C)(C)CC1CCN(C(C)(C)C)CC1.O=C(CCCC1CC1)c1ccc(N2CCN(C(=O)c3ccccc3CF)CC2)nn1. The second-order valence-electron chi connectivity index (χ2n) is 51.6. The van der Waals surface area contributed by atoms with E-state index in [1.54, 1.807) is 40.8 Å². The van der Waals surface area contributed by atoms with Crippen LogP contribution >= 0.6 is 0 Å². The quantitative estimate of drug-likeness (QED) is 0.156. The predicted molar refractivity (Wildman–Crippen MR) is 519 cm³/mol. The molecule has 6 aliphatic heterocycles. The van der Waals surface area contributed by atoms with Gasteiger partial charge in [0.1, 0.15) is 18.2 Å². The number of aromatic nitrogens is 2. The first-order chi connectivity index (χ1) is 56.1. The van der Waals surface area contributed by atoms with Gasteiger partial charge in [0.25, 0.3) is 5.91 Å². The third kappa shape index (κ3) is 38.1. The number of ketones is 2. The molecule has 3 saturated carbocycles. The standard InChI is InChI=1S/C23H27FN4O2.C15H28O.C14H27NO.C14H27N.C14H29N.C14H27N.C13H26N2O/c24-16-18-5-1-2-6-19(18)23(30)28-14-12-27(13-15-28)22-11-10-20(25-26-22)21(29)7-3-4-17-8-9-17;1-14(2,3)12-9-7-11(8-10-12)13(16)15(4,5)6;1-13(2,3)11-7-9-15(10-8-11)12(16)14(4,5)6;1-13(2,3)7-10-11-8-15(9-12(10)11)14(4,5)6;2*1-13(2,3)11-12-7-9-15(10-8-12)14(4,5)6;1-12(2,3)11(16)14-8-7-9-15(10-14)13(4,5)6/h1-2,5-6,10-11,17H,3-4,7-9,12-16H2;11-12H,7-10H2,1-6H3;11H,7-10H2,1-6H3;10-12H,7-9H2,1-6H3;12H,7-11H2,1-6H3;11H,7-10H2,1-6H3;7-10H2,1-6H3. The molecule has 3 amide bonds. The van der Waals surface area contributed by atoms with E-state index >= 15 is 0 Å². The molecule has 11 rings (SSSR count). The molecule has 0 radical (unpaired) electrons. The minimum absolute atomic E-state index is 0.0524. The van der Waals surface area contributed by atoms with Gasteiger partial charge in [0.15, 0.2) is 11.6 Å². The first-order valence-corrected chi connectivity index (χ1v) is 49.0. The number of fused-ring (bicyclic) bond motifs is 1. The van der Waals surface area contributed by atoms with Gasteiger partial charge in [-0.2, -0.15) is 0 Å². The van der Waals surface area contributed by atoms with Crippen molar-refractivity contribution >= 4 is 35.1 Å². The Hall–Kier alpha value is -4.64. The third-order valence-corrected chi connectivity index (χ3v) is 27.3. The molecule has 0 bridgehead atoms. The topological polar surface area (TPSA) is 137 Å². The molecule has 16 heteroatoms. The zero-order valence-electron chi connectivity index (χ0n) is 86.6. The Morgan fingerprint density at radius 3 is 1.33 bits per heavy atom. The van der Waals surface area contributed by atoms with Crippen molar-refractivity contribution in [1.29, 1.82) is 0 Å². The van der Waals surface area contributed by atoms with Crippen LogP contribution in [0.3, 0.4) is 0 Å². The van der Waals surface area contributed by atoms with Crippen LogP contribution in [0.1, 0.15) is 391 Å². The number of hydrogen-bond acceptors (Lipinski definition) is 12. The van der Waals surface area contributed by atoms with Gasteiger partial charge in [-0.3, -0.25) is 43.6 Å². The molecular formula is C107H191FN10O5. The lowest BCUT2D eigenvalue weighted by atomic mass is 9.67. The molecule has 123 heavy (non-hydrogen) atoms. The summed E-state index contributed by atoms with van der Waals surface area (Å²) in [6.45, 7) is 94.7. The number of hydrogen-bond donors (Lipinski definition) is 0. The Morgan fingerprint density at radius 2 is 0.902 bits per heavy atom. The largest absolute Gasteiger partial charge is 0.352 e. The van der Waals surface area contributed by atoms with E-state index < -0.39 is 6.67 Å². The van der Waals surface area contributed by atoms with Gasteiger partial charge >= 0.3 is 0 Å². The lowest BCUT2D eigenvalue weighted by molar-refractivity contribution is -0.145. The van der Waals surface area contributed by atoms with Gasteiger partial charge in [-0.15, -0.1) is 10.2 Å². The van der Waals surface area contributed by atoms with E-state index in [1.807, 2.05) is 78.2 Å². The number of likely N-dealkylation sites (tertiary alicyclic amines) is 4. The first kappa shape index (κ1) is 109. The number of piperazine rings is 1. The zero-order chi connectivity index (χ0) is 93.4. The van der Waals surface area contributed by atoms with E-state index in [9.17, 15) is 28.4 Å². The molecule has 1 aromatic carbocycles. The minimum atomic E-state index is -0.650. The van der Waals surface area contributed by atoms with Crippen molar-refractivity contribution in [2.45, 2.75) is 394 Å². The molecule has 9 fully saturated rings. The van der Waals surface area contributed by atoms with Crippen molar-refractivity contribution in [3.63, 3.8) is 0 Å². The van der Waals surface area contributed by atoms with Gasteiger partial charge in [0.2, 0.25) is 11.8 Å². The van der Waals surface area contributed by atoms with Crippen LogP contribution in [0.4, 0.5) is 10.2 Å². The van der Waals surface area contributed by atoms with Crippen molar-refractivity contribution in [1.82, 2.24) is 44.5 Å². The summed E-state index contributed by atoms with van der Waals surface area (Å²) in [7, 11) is 0. The average molecular weight is 1720 g/mol. The van der Waals surface area contributed by atoms with E-state index in [0.29, 0.717) is 117 Å². The molecule has 9 aliphatic rings. The maximum atomic E-state index is 13.2. The maximum absolute atomic E-state index is 13.2. The number of carbonyl (C=O) groups is 5. The number of halogens is 1. The fourth-order valence-electron chi connectivity index (χ4n) is 19.2. The molecule has 2 atom stereocenters. The van der Waals surface area contributed by atoms with Crippen LogP contribution in [0.15, 0.2) is 48.0 Å². The first-order valence-electron chi connectivity index (χ1n) is 49.0. The molecule has 15 nitrogen and oxygen atoms in total. The van der Waals surface area contributed by atoms with Crippen molar-refractivity contribution < 1.29 is 28.4 Å². The fourth-order valence-corrected chi connectivity index (χ4v) is 19.2. The highest BCUT2D eigenvalue weighted by atomic mass is 19.1. The Balaban J connectivity index is 0.000000260. The minimum Gasteiger partial charge on any atom is -0.352 e. The molecule has 2 aromatic rings. The lowest BCUT2D eigenvalue weighted by Gasteiger charge is -2.44. The average Bonchev–Trinajstić information content (AvgIpc) is 1.57. The number of carbonyl (C=O) groups excluding carboxylic acids is 5. The van der Waals surface area contributed by atoms with Crippen molar-refractivity contribution in [2.24, 2.45) is 90.7 Å². The summed E-state index contributed by atoms with van der Waals surface area (Å²) in [6, 6.07) is 10.4. The summed E-state index contributed by atoms with van der Waals surface area (Å²) < 4.78 is 13.2. The van der Waals surface area contributed by atoms with Crippen LogP contribution < -0.4 is 4.90 Å². The summed E-state index contributed by atoms with van der Waals surface area (Å²) in [5.74, 6) is 8.47. The number of alkyl halides is 1. The molecule has 3 aliphatic carbocycles. The van der Waals surface area contributed by atoms with E-state index in [1.165, 1.54) is 103 Å². The Morgan fingerprint density at radius 1 is 0.431 bits per heavy atom. The van der Waals surface area contributed by atoms with Crippen molar-refractivity contribution in [3.05, 3.63) is 64.9 Å². The van der Waals surface area contributed by atoms with Crippen LogP contribution in [0.25, 0.3) is 0 Å². The van der Waals surface area contributed by atoms with Gasteiger partial charge in [0, 0.05) is 135 Å². The predicted octanol–water partition coefficient (Wildman–Crippen LogP) is 25.0. The van der Waals surface area contributed by atoms with Crippen LogP contribution in [-0.4, -0.2) is 194 Å². The number of amides is 3. The van der Waals surface area contributed by atoms with E-state index in [-0.39, 0.29) is 39.4 Å². The number of allylic oxidation sites excluding steroid dienone is 1.